The van der Waals surface area contributed by atoms with Gasteiger partial charge in [-0.3, -0.25) is 9.97 Å². The summed E-state index contributed by atoms with van der Waals surface area (Å²) < 4.78 is 131. The summed E-state index contributed by atoms with van der Waals surface area (Å²) in [5.41, 5.74) is 2.00. The summed E-state index contributed by atoms with van der Waals surface area (Å²) in [5, 5.41) is 15.3. The highest BCUT2D eigenvalue weighted by molar-refractivity contribution is 6.36. The molecule has 2 N–H and O–H groups in total. The minimum absolute atomic E-state index is 0.0169. The molecule has 0 fully saturated rings. The largest absolute Gasteiger partial charge is 0.490 e. The van der Waals surface area contributed by atoms with Crippen LogP contribution >= 0.6 is 23.2 Å². The molecule has 0 aliphatic rings. The van der Waals surface area contributed by atoms with Crippen LogP contribution in [0.15, 0.2) is 36.7 Å². The first-order chi connectivity index (χ1) is 24.8. The number of pyridine rings is 2. The number of nitrogens with zero attached hydrogens (tertiary/aromatic N) is 2. The maximum absolute atomic E-state index is 12.3. The van der Waals surface area contributed by atoms with Gasteiger partial charge in [-0.25, -0.2) is 19.2 Å². The molecule has 0 radical (unpaired) electrons. The molecule has 0 unspecified atom stereocenters. The van der Waals surface area contributed by atoms with E-state index in [0.29, 0.717) is 27.4 Å². The third kappa shape index (κ3) is 13.5. The molecule has 4 aromatic rings. The maximum atomic E-state index is 12.3. The molecule has 0 saturated heterocycles. The summed E-state index contributed by atoms with van der Waals surface area (Å²) in [6.07, 6.45) is -7.59. The van der Waals surface area contributed by atoms with Gasteiger partial charge in [-0.1, -0.05) is 23.2 Å². The van der Waals surface area contributed by atoms with E-state index in [1.165, 1.54) is 44.8 Å². The Labute approximate surface area is 305 Å². The lowest BCUT2D eigenvalue weighted by Crippen LogP contribution is -2.21. The van der Waals surface area contributed by atoms with Crippen LogP contribution in [-0.4, -0.2) is 83.9 Å². The van der Waals surface area contributed by atoms with Gasteiger partial charge in [0, 0.05) is 28.7 Å². The number of carbonyl (C=O) groups is 4. The first-order valence-electron chi connectivity index (χ1n) is 13.6. The predicted octanol–water partition coefficient (Wildman–Crippen LogP) is 8.44. The van der Waals surface area contributed by atoms with E-state index < -0.39 is 49.5 Å². The number of hydrogen-bond acceptors (Lipinski definition) is 10. The minimum Gasteiger partial charge on any atom is -0.475 e. The molecule has 2 aromatic carbocycles. The van der Waals surface area contributed by atoms with Gasteiger partial charge in [-0.15, -0.1) is 0 Å². The Bertz CT molecular complexity index is 1850. The lowest BCUT2D eigenvalue weighted by atomic mass is 10.1. The van der Waals surface area contributed by atoms with Crippen molar-refractivity contribution >= 4 is 68.9 Å². The van der Waals surface area contributed by atoms with E-state index >= 15 is 0 Å². The first-order valence-corrected chi connectivity index (χ1v) is 14.4. The van der Waals surface area contributed by atoms with E-state index in [2.05, 4.69) is 28.9 Å². The molecule has 0 bridgehead atoms. The van der Waals surface area contributed by atoms with E-state index in [4.69, 9.17) is 43.0 Å². The van der Waals surface area contributed by atoms with Gasteiger partial charge in [0.2, 0.25) is 0 Å². The van der Waals surface area contributed by atoms with E-state index in [0.717, 1.165) is 0 Å². The number of aliphatic carboxylic acids is 2. The summed E-state index contributed by atoms with van der Waals surface area (Å²) in [6, 6.07) is 6.04. The molecule has 24 heteroatoms. The minimum atomic E-state index is -5.08. The lowest BCUT2D eigenvalue weighted by molar-refractivity contribution is -0.193. The Balaban J connectivity index is 0.000000402. The molecule has 0 atom stereocenters. The standard InChI is InChI=1S/2C13H10ClF2NO3.2C2HF3O2/c1-6-10-7(3-8(5-17-10)12(18)19-2)4-9(14)11(6)20-13(15)16;1-6-3-7-4-8(12(18)19-2)5-17-10(7)9(14)11(6)20-13(15)16;2*3-2(4,5)1(6)7/h2*3-5,13H,1-2H3;2*(H,6,7). The fraction of sp³-hybridized carbons (Fsp3) is 0.267. The van der Waals surface area contributed by atoms with Crippen molar-refractivity contribution in [1.29, 1.82) is 0 Å². The zero-order chi connectivity index (χ0) is 41.9. The van der Waals surface area contributed by atoms with Crippen molar-refractivity contribution in [1.82, 2.24) is 9.97 Å². The van der Waals surface area contributed by atoms with Crippen LogP contribution in [0.3, 0.4) is 0 Å². The van der Waals surface area contributed by atoms with Crippen LogP contribution in [0.4, 0.5) is 43.9 Å². The molecule has 2 aromatic heterocycles. The lowest BCUT2D eigenvalue weighted by Gasteiger charge is -2.12. The second-order valence-corrected chi connectivity index (χ2v) is 10.4. The number of ether oxygens (including phenoxy) is 4. The molecule has 54 heavy (non-hydrogen) atoms. The fourth-order valence-electron chi connectivity index (χ4n) is 3.68. The molecule has 296 valence electrons. The van der Waals surface area contributed by atoms with Crippen LogP contribution in [0.5, 0.6) is 11.5 Å². The molecular weight excluding hydrogens is 809 g/mol. The van der Waals surface area contributed by atoms with Crippen molar-refractivity contribution in [3.8, 4) is 11.5 Å². The van der Waals surface area contributed by atoms with Crippen molar-refractivity contribution < 1.29 is 92.2 Å². The molecule has 12 nitrogen and oxygen atoms in total. The van der Waals surface area contributed by atoms with Crippen LogP contribution < -0.4 is 9.47 Å². The normalized spacial score (nSPS) is 11.0. The molecule has 2 heterocycles. The number of methoxy groups -OCH3 is 2. The number of esters is 2. The number of fused-ring (bicyclic) bond motifs is 2. The van der Waals surface area contributed by atoms with Gasteiger partial charge in [0.05, 0.1) is 41.4 Å². The molecule has 0 aliphatic heterocycles. The number of aryl methyl sites for hydroxylation is 2. The van der Waals surface area contributed by atoms with Gasteiger partial charge in [0.15, 0.2) is 0 Å². The monoisotopic (exact) mass is 830 g/mol. The van der Waals surface area contributed by atoms with E-state index in [1.807, 2.05) is 0 Å². The second-order valence-electron chi connectivity index (χ2n) is 9.59. The Morgan fingerprint density at radius 1 is 0.667 bits per heavy atom. The summed E-state index contributed by atoms with van der Waals surface area (Å²) >= 11 is 11.9. The van der Waals surface area contributed by atoms with Crippen LogP contribution in [0.25, 0.3) is 21.8 Å². The number of hydrogen-bond donors (Lipinski definition) is 2. The van der Waals surface area contributed by atoms with Crippen molar-refractivity contribution in [2.75, 3.05) is 14.2 Å². The van der Waals surface area contributed by atoms with Crippen LogP contribution in [0.2, 0.25) is 10.0 Å². The average Bonchev–Trinajstić information content (AvgIpc) is 3.07. The SMILES string of the molecule is COC(=O)c1cnc2c(C)c(OC(F)F)c(Cl)cc2c1.COC(=O)c1cnc2c(Cl)c(OC(F)F)c(C)cc2c1.O=C(O)C(F)(F)F.O=C(O)C(F)(F)F. The van der Waals surface area contributed by atoms with Crippen LogP contribution in [-0.2, 0) is 19.1 Å². The fourth-order valence-corrected chi connectivity index (χ4v) is 4.33. The number of halogens is 12. The maximum Gasteiger partial charge on any atom is 0.490 e. The number of carboxylic acids is 2. The zero-order valence-corrected chi connectivity index (χ0v) is 28.7. The highest BCUT2D eigenvalue weighted by Crippen LogP contribution is 2.37. The molecule has 0 saturated carbocycles. The molecule has 0 aliphatic carbocycles. The van der Waals surface area contributed by atoms with Gasteiger partial charge in [0.25, 0.3) is 0 Å². The van der Waals surface area contributed by atoms with Crippen LogP contribution in [0.1, 0.15) is 31.8 Å². The van der Waals surface area contributed by atoms with E-state index in [-0.39, 0.29) is 38.2 Å². The van der Waals surface area contributed by atoms with Crippen molar-refractivity contribution in [2.45, 2.75) is 39.4 Å². The average molecular weight is 831 g/mol. The van der Waals surface area contributed by atoms with E-state index in [1.54, 1.807) is 19.9 Å². The smallest absolute Gasteiger partial charge is 0.475 e. The van der Waals surface area contributed by atoms with Gasteiger partial charge < -0.3 is 29.2 Å². The van der Waals surface area contributed by atoms with Crippen molar-refractivity contribution in [2.24, 2.45) is 0 Å². The number of carboxylic acid groups (broad SMARTS) is 2. The Kier molecular flexibility index (Phi) is 17.0. The topological polar surface area (TPSA) is 171 Å². The molecule has 0 amide bonds. The number of rotatable bonds is 6. The van der Waals surface area contributed by atoms with Gasteiger partial charge in [0.1, 0.15) is 16.5 Å². The number of aromatic nitrogens is 2. The van der Waals surface area contributed by atoms with Gasteiger partial charge in [-0.05, 0) is 43.7 Å². The quantitative estimate of drug-likeness (QED) is 0.141. The predicted molar refractivity (Wildman–Crippen MR) is 166 cm³/mol. The van der Waals surface area contributed by atoms with E-state index in [9.17, 15) is 53.5 Å². The summed E-state index contributed by atoms with van der Waals surface area (Å²) in [6.45, 7) is -2.80. The summed E-state index contributed by atoms with van der Waals surface area (Å²) in [5.74, 6) is -6.83. The molecule has 0 spiro atoms. The zero-order valence-electron chi connectivity index (χ0n) is 27.2. The third-order valence-corrected chi connectivity index (χ3v) is 6.54. The van der Waals surface area contributed by atoms with Gasteiger partial charge >= 0.3 is 49.5 Å². The van der Waals surface area contributed by atoms with Crippen LogP contribution in [0, 0.1) is 13.8 Å². The number of benzene rings is 2. The summed E-state index contributed by atoms with van der Waals surface area (Å²) in [4.78, 5) is 48.7. The van der Waals surface area contributed by atoms with Crippen molar-refractivity contribution in [3.05, 3.63) is 69.0 Å². The first kappa shape index (κ1) is 46.6. The Hall–Kier alpha value is -5.38. The molecular formula is C30H22Cl2F10N2O10. The van der Waals surface area contributed by atoms with Crippen molar-refractivity contribution in [3.63, 3.8) is 0 Å². The third-order valence-electron chi connectivity index (χ3n) is 5.91. The second kappa shape index (κ2) is 19.6. The number of alkyl halides is 10. The summed E-state index contributed by atoms with van der Waals surface area (Å²) in [7, 11) is 2.51. The highest BCUT2D eigenvalue weighted by Gasteiger charge is 2.39. The Morgan fingerprint density at radius 3 is 1.41 bits per heavy atom. The number of carbonyl (C=O) groups excluding carboxylic acids is 2. The van der Waals surface area contributed by atoms with Gasteiger partial charge in [-0.2, -0.15) is 43.9 Å². The Morgan fingerprint density at radius 2 is 1.04 bits per heavy atom. The molecule has 4 rings (SSSR count). The highest BCUT2D eigenvalue weighted by atomic mass is 35.5.